The third kappa shape index (κ3) is 5.54. The van der Waals surface area contributed by atoms with Crippen molar-refractivity contribution in [1.82, 2.24) is 9.03 Å². The van der Waals surface area contributed by atoms with Gasteiger partial charge in [0, 0.05) is 25.7 Å². The molecule has 0 bridgehead atoms. The van der Waals surface area contributed by atoms with Gasteiger partial charge in [-0.25, -0.2) is 0 Å². The number of aliphatic carboxylic acids is 1. The highest BCUT2D eigenvalue weighted by Crippen LogP contribution is 2.19. The van der Waals surface area contributed by atoms with Crippen LogP contribution in [-0.2, 0) is 19.7 Å². The van der Waals surface area contributed by atoms with Crippen molar-refractivity contribution < 1.29 is 23.1 Å². The molecule has 1 unspecified atom stereocenters. The van der Waals surface area contributed by atoms with Gasteiger partial charge in [-0.15, -0.1) is 0 Å². The summed E-state index contributed by atoms with van der Waals surface area (Å²) in [4.78, 5) is 10.9. The normalized spacial score (nSPS) is 19.8. The summed E-state index contributed by atoms with van der Waals surface area (Å²) in [6.45, 7) is 7.08. The maximum absolute atomic E-state index is 12.4. The molecule has 0 spiro atoms. The maximum atomic E-state index is 12.4. The molecule has 21 heavy (non-hydrogen) atoms. The highest BCUT2D eigenvalue weighted by atomic mass is 32.2. The molecule has 1 saturated heterocycles. The SMILES string of the molecule is CCOCC(NS(=O)(=O)N1CCC(C(=O)O)CC1)C(C)C. The summed E-state index contributed by atoms with van der Waals surface area (Å²) in [5.41, 5.74) is 0. The van der Waals surface area contributed by atoms with Gasteiger partial charge in [0.05, 0.1) is 12.5 Å². The second-order valence-corrected chi connectivity index (χ2v) is 7.35. The monoisotopic (exact) mass is 322 g/mol. The Labute approximate surface area is 126 Å². The maximum Gasteiger partial charge on any atom is 0.306 e. The van der Waals surface area contributed by atoms with Gasteiger partial charge in [-0.2, -0.15) is 17.4 Å². The Bertz CT molecular complexity index is 430. The summed E-state index contributed by atoms with van der Waals surface area (Å²) in [6.07, 6.45) is 0.710. The minimum Gasteiger partial charge on any atom is -0.481 e. The molecule has 1 rings (SSSR count). The van der Waals surface area contributed by atoms with Crippen LogP contribution in [0.1, 0.15) is 33.6 Å². The van der Waals surface area contributed by atoms with Gasteiger partial charge in [0.1, 0.15) is 0 Å². The van der Waals surface area contributed by atoms with Crippen molar-refractivity contribution in [3.05, 3.63) is 0 Å². The van der Waals surface area contributed by atoms with Crippen LogP contribution in [0.4, 0.5) is 0 Å². The van der Waals surface area contributed by atoms with Crippen molar-refractivity contribution in [3.8, 4) is 0 Å². The summed E-state index contributed by atoms with van der Waals surface area (Å²) in [5, 5.41) is 8.94. The van der Waals surface area contributed by atoms with Gasteiger partial charge < -0.3 is 9.84 Å². The molecule has 0 aliphatic carbocycles. The summed E-state index contributed by atoms with van der Waals surface area (Å²) in [7, 11) is -3.60. The number of nitrogens with zero attached hydrogens (tertiary/aromatic N) is 1. The first-order chi connectivity index (χ1) is 9.77. The van der Waals surface area contributed by atoms with Crippen LogP contribution in [0.3, 0.4) is 0 Å². The zero-order chi connectivity index (χ0) is 16.0. The number of hydrogen-bond acceptors (Lipinski definition) is 4. The molecule has 0 aromatic rings. The smallest absolute Gasteiger partial charge is 0.306 e. The Balaban J connectivity index is 2.62. The summed E-state index contributed by atoms with van der Waals surface area (Å²) < 4.78 is 34.0. The predicted octanol–water partition coefficient (Wildman–Crippen LogP) is 0.679. The van der Waals surface area contributed by atoms with Crippen LogP contribution >= 0.6 is 0 Å². The average molecular weight is 322 g/mol. The van der Waals surface area contributed by atoms with Crippen LogP contribution in [0.25, 0.3) is 0 Å². The van der Waals surface area contributed by atoms with Crippen molar-refractivity contribution in [3.63, 3.8) is 0 Å². The number of carbonyl (C=O) groups is 1. The van der Waals surface area contributed by atoms with E-state index in [1.165, 1.54) is 4.31 Å². The van der Waals surface area contributed by atoms with E-state index in [0.29, 0.717) is 26.1 Å². The minimum absolute atomic E-state index is 0.114. The lowest BCUT2D eigenvalue weighted by Gasteiger charge is -2.31. The Morgan fingerprint density at radius 2 is 1.95 bits per heavy atom. The first kappa shape index (κ1) is 18.3. The number of nitrogens with one attached hydrogen (secondary N) is 1. The molecule has 1 atom stereocenters. The fourth-order valence-corrected chi connectivity index (χ4v) is 3.78. The van der Waals surface area contributed by atoms with E-state index in [0.717, 1.165) is 0 Å². The largest absolute Gasteiger partial charge is 0.481 e. The average Bonchev–Trinajstić information content (AvgIpc) is 2.43. The molecule has 8 heteroatoms. The molecule has 1 heterocycles. The van der Waals surface area contributed by atoms with Gasteiger partial charge in [0.25, 0.3) is 10.2 Å². The van der Waals surface area contributed by atoms with Gasteiger partial charge in [-0.3, -0.25) is 4.79 Å². The van der Waals surface area contributed by atoms with E-state index in [9.17, 15) is 13.2 Å². The zero-order valence-corrected chi connectivity index (χ0v) is 13.7. The van der Waals surface area contributed by atoms with Gasteiger partial charge >= 0.3 is 5.97 Å². The second-order valence-electron chi connectivity index (χ2n) is 5.64. The first-order valence-corrected chi connectivity index (χ1v) is 8.79. The Morgan fingerprint density at radius 3 is 2.38 bits per heavy atom. The van der Waals surface area contributed by atoms with Crippen LogP contribution in [0.2, 0.25) is 0 Å². The van der Waals surface area contributed by atoms with E-state index in [1.807, 2.05) is 20.8 Å². The highest BCUT2D eigenvalue weighted by molar-refractivity contribution is 7.87. The molecule has 1 fully saturated rings. The number of hydrogen-bond donors (Lipinski definition) is 2. The lowest BCUT2D eigenvalue weighted by atomic mass is 9.99. The minimum atomic E-state index is -3.60. The van der Waals surface area contributed by atoms with Crippen molar-refractivity contribution in [2.45, 2.75) is 39.7 Å². The summed E-state index contributed by atoms with van der Waals surface area (Å²) in [6, 6.07) is -0.285. The Kier molecular flexibility index (Phi) is 7.05. The molecule has 0 aromatic carbocycles. The molecule has 0 saturated carbocycles. The van der Waals surface area contributed by atoms with Crippen molar-refractivity contribution >= 4 is 16.2 Å². The number of carboxylic acid groups (broad SMARTS) is 1. The number of ether oxygens (including phenoxy) is 1. The molecule has 124 valence electrons. The number of carboxylic acids is 1. The molecule has 1 aliphatic heterocycles. The topological polar surface area (TPSA) is 95.9 Å². The van der Waals surface area contributed by atoms with E-state index in [4.69, 9.17) is 9.84 Å². The Hall–Kier alpha value is -0.700. The van der Waals surface area contributed by atoms with Crippen molar-refractivity contribution in [2.24, 2.45) is 11.8 Å². The lowest BCUT2D eigenvalue weighted by Crippen LogP contribution is -2.51. The van der Waals surface area contributed by atoms with E-state index in [1.54, 1.807) is 0 Å². The van der Waals surface area contributed by atoms with E-state index in [-0.39, 0.29) is 25.0 Å². The predicted molar refractivity (Wildman–Crippen MR) is 79.1 cm³/mol. The third-order valence-electron chi connectivity index (χ3n) is 3.75. The summed E-state index contributed by atoms with van der Waals surface area (Å²) >= 11 is 0. The van der Waals surface area contributed by atoms with Crippen LogP contribution < -0.4 is 4.72 Å². The van der Waals surface area contributed by atoms with Crippen LogP contribution in [0.5, 0.6) is 0 Å². The third-order valence-corrected chi connectivity index (χ3v) is 5.40. The molecule has 2 N–H and O–H groups in total. The van der Waals surface area contributed by atoms with Gasteiger partial charge in [0.2, 0.25) is 0 Å². The van der Waals surface area contributed by atoms with E-state index >= 15 is 0 Å². The van der Waals surface area contributed by atoms with E-state index in [2.05, 4.69) is 4.72 Å². The quantitative estimate of drug-likeness (QED) is 0.685. The lowest BCUT2D eigenvalue weighted by molar-refractivity contribution is -0.142. The molecule has 7 nitrogen and oxygen atoms in total. The van der Waals surface area contributed by atoms with Gasteiger partial charge in [0.15, 0.2) is 0 Å². The number of rotatable bonds is 8. The van der Waals surface area contributed by atoms with Crippen LogP contribution in [-0.4, -0.2) is 56.1 Å². The summed E-state index contributed by atoms with van der Waals surface area (Å²) in [5.74, 6) is -1.18. The zero-order valence-electron chi connectivity index (χ0n) is 12.9. The van der Waals surface area contributed by atoms with Crippen LogP contribution in [0, 0.1) is 11.8 Å². The van der Waals surface area contributed by atoms with Gasteiger partial charge in [-0.1, -0.05) is 13.8 Å². The molecular formula is C13H26N2O5S. The highest BCUT2D eigenvalue weighted by Gasteiger charge is 2.32. The van der Waals surface area contributed by atoms with Crippen LogP contribution in [0.15, 0.2) is 0 Å². The Morgan fingerprint density at radius 1 is 1.38 bits per heavy atom. The fraction of sp³-hybridized carbons (Fsp3) is 0.923. The fourth-order valence-electron chi connectivity index (χ4n) is 2.22. The molecule has 0 aromatic heterocycles. The van der Waals surface area contributed by atoms with Gasteiger partial charge in [-0.05, 0) is 25.7 Å². The first-order valence-electron chi connectivity index (χ1n) is 7.35. The number of piperidine rings is 1. The van der Waals surface area contributed by atoms with Crippen molar-refractivity contribution in [2.75, 3.05) is 26.3 Å². The second kappa shape index (κ2) is 8.07. The molecule has 0 radical (unpaired) electrons. The molecule has 1 aliphatic rings. The van der Waals surface area contributed by atoms with E-state index < -0.39 is 22.1 Å². The molecule has 0 amide bonds. The van der Waals surface area contributed by atoms with Crippen molar-refractivity contribution in [1.29, 1.82) is 0 Å². The standard InChI is InChI=1S/C13H26N2O5S/c1-4-20-9-12(10(2)3)14-21(18,19)15-7-5-11(6-8-15)13(16)17/h10-12,14H,4-9H2,1-3H3,(H,16,17). The molecular weight excluding hydrogens is 296 g/mol.